The fraction of sp³-hybridized carbons (Fsp3) is 0.500. The molecule has 2 rings (SSSR count). The first-order valence-electron chi connectivity index (χ1n) is 8.72. The van der Waals surface area contributed by atoms with Crippen LogP contribution in [0.3, 0.4) is 0 Å². The van der Waals surface area contributed by atoms with Crippen LogP contribution in [0, 0.1) is 0 Å². The molecule has 23 heavy (non-hydrogen) atoms. The summed E-state index contributed by atoms with van der Waals surface area (Å²) >= 11 is 0. The van der Waals surface area contributed by atoms with Gasteiger partial charge in [0.15, 0.2) is 0 Å². The third-order valence-corrected chi connectivity index (χ3v) is 4.57. The average molecular weight is 313 g/mol. The zero-order valence-electron chi connectivity index (χ0n) is 14.3. The van der Waals surface area contributed by atoms with E-state index in [4.69, 9.17) is 0 Å². The van der Waals surface area contributed by atoms with Crippen molar-refractivity contribution in [2.75, 3.05) is 6.54 Å². The van der Waals surface area contributed by atoms with Gasteiger partial charge in [-0.1, -0.05) is 49.5 Å². The Morgan fingerprint density at radius 1 is 0.913 bits per heavy atom. The summed E-state index contributed by atoms with van der Waals surface area (Å²) in [4.78, 5) is 25.8. The van der Waals surface area contributed by atoms with Gasteiger partial charge in [0.2, 0.25) is 0 Å². The molecule has 0 unspecified atom stereocenters. The van der Waals surface area contributed by atoms with Gasteiger partial charge in [0.1, 0.15) is 0 Å². The van der Waals surface area contributed by atoms with Gasteiger partial charge in [-0.25, -0.2) is 0 Å². The van der Waals surface area contributed by atoms with Crippen LogP contribution in [-0.4, -0.2) is 23.3 Å². The lowest BCUT2D eigenvalue weighted by molar-refractivity contribution is 0.0651. The molecule has 0 bridgehead atoms. The molecule has 3 nitrogen and oxygen atoms in total. The van der Waals surface area contributed by atoms with Crippen LogP contribution in [0.25, 0.3) is 0 Å². The van der Waals surface area contributed by atoms with Gasteiger partial charge in [0, 0.05) is 6.54 Å². The largest absolute Gasteiger partial charge is 0.274 e. The highest BCUT2D eigenvalue weighted by atomic mass is 16.2. The summed E-state index contributed by atoms with van der Waals surface area (Å²) in [5, 5.41) is 0. The van der Waals surface area contributed by atoms with Crippen molar-refractivity contribution >= 4 is 11.8 Å². The van der Waals surface area contributed by atoms with E-state index in [2.05, 4.69) is 19.9 Å². The molecule has 0 N–H and O–H groups in total. The molecule has 0 aliphatic carbocycles. The van der Waals surface area contributed by atoms with Crippen molar-refractivity contribution in [1.82, 2.24) is 4.90 Å². The maximum atomic E-state index is 12.2. The minimum atomic E-state index is -0.132. The Labute approximate surface area is 139 Å². The maximum absolute atomic E-state index is 12.2. The van der Waals surface area contributed by atoms with Crippen molar-refractivity contribution in [3.05, 3.63) is 47.0 Å². The zero-order valence-corrected chi connectivity index (χ0v) is 14.3. The van der Waals surface area contributed by atoms with E-state index in [1.54, 1.807) is 12.1 Å². The molecule has 0 spiro atoms. The van der Waals surface area contributed by atoms with Crippen LogP contribution >= 0.6 is 0 Å². The van der Waals surface area contributed by atoms with Gasteiger partial charge in [-0.3, -0.25) is 14.5 Å². The number of allylic oxidation sites excluding steroid dienone is 2. The molecule has 0 atom stereocenters. The standard InChI is InChI=1S/C20H27NO2/c1-3-16(2)12-8-6-4-5-7-11-15-21-19(22)17-13-9-10-14-18(17)20(21)23/h3,9-10,13-14H,4-8,11-12,15H2,1-2H3/b16-3+. The summed E-state index contributed by atoms with van der Waals surface area (Å²) in [5.74, 6) is -0.264. The molecule has 2 amide bonds. The number of carbonyl (C=O) groups excluding carboxylic acids is 2. The summed E-state index contributed by atoms with van der Waals surface area (Å²) in [6.07, 6.45) is 10.3. The smallest absolute Gasteiger partial charge is 0.261 e. The van der Waals surface area contributed by atoms with E-state index in [-0.39, 0.29) is 11.8 Å². The van der Waals surface area contributed by atoms with Crippen molar-refractivity contribution in [3.63, 3.8) is 0 Å². The lowest BCUT2D eigenvalue weighted by Gasteiger charge is -2.13. The van der Waals surface area contributed by atoms with Crippen molar-refractivity contribution < 1.29 is 9.59 Å². The number of imide groups is 1. The van der Waals surface area contributed by atoms with Crippen LogP contribution in [0.5, 0.6) is 0 Å². The van der Waals surface area contributed by atoms with E-state index < -0.39 is 0 Å². The summed E-state index contributed by atoms with van der Waals surface area (Å²) in [5.41, 5.74) is 2.57. The average Bonchev–Trinajstić information content (AvgIpc) is 2.82. The first kappa shape index (κ1) is 17.5. The second kappa shape index (κ2) is 8.66. The molecule has 1 aliphatic heterocycles. The molecule has 1 aromatic carbocycles. The van der Waals surface area contributed by atoms with E-state index in [1.807, 2.05) is 12.1 Å². The lowest BCUT2D eigenvalue weighted by atomic mass is 10.1. The Hall–Kier alpha value is -1.90. The van der Waals surface area contributed by atoms with E-state index in [9.17, 15) is 9.59 Å². The third kappa shape index (κ3) is 4.54. The third-order valence-electron chi connectivity index (χ3n) is 4.57. The predicted molar refractivity (Wildman–Crippen MR) is 93.6 cm³/mol. The number of hydrogen-bond acceptors (Lipinski definition) is 2. The van der Waals surface area contributed by atoms with Gasteiger partial charge < -0.3 is 0 Å². The monoisotopic (exact) mass is 313 g/mol. The van der Waals surface area contributed by atoms with Crippen molar-refractivity contribution in [2.45, 2.75) is 58.8 Å². The molecule has 124 valence electrons. The Bertz CT molecular complexity index is 554. The minimum absolute atomic E-state index is 0.132. The lowest BCUT2D eigenvalue weighted by Crippen LogP contribution is -2.30. The molecular formula is C20H27NO2. The first-order chi connectivity index (χ1) is 11.1. The molecule has 0 radical (unpaired) electrons. The highest BCUT2D eigenvalue weighted by Gasteiger charge is 2.34. The van der Waals surface area contributed by atoms with Gasteiger partial charge in [-0.15, -0.1) is 0 Å². The summed E-state index contributed by atoms with van der Waals surface area (Å²) in [6.45, 7) is 4.82. The summed E-state index contributed by atoms with van der Waals surface area (Å²) in [6, 6.07) is 7.09. The number of unbranched alkanes of at least 4 members (excludes halogenated alkanes) is 5. The summed E-state index contributed by atoms with van der Waals surface area (Å²) < 4.78 is 0. The van der Waals surface area contributed by atoms with Gasteiger partial charge in [0.25, 0.3) is 11.8 Å². The van der Waals surface area contributed by atoms with Gasteiger partial charge in [-0.05, 0) is 45.2 Å². The molecule has 1 aliphatic rings. The first-order valence-corrected chi connectivity index (χ1v) is 8.72. The Morgan fingerprint density at radius 2 is 1.43 bits per heavy atom. The van der Waals surface area contributed by atoms with Gasteiger partial charge in [0.05, 0.1) is 11.1 Å². The van der Waals surface area contributed by atoms with E-state index in [0.29, 0.717) is 17.7 Å². The van der Waals surface area contributed by atoms with E-state index >= 15 is 0 Å². The number of benzene rings is 1. The van der Waals surface area contributed by atoms with Gasteiger partial charge >= 0.3 is 0 Å². The molecular weight excluding hydrogens is 286 g/mol. The predicted octanol–water partition coefficient (Wildman–Crippen LogP) is 4.98. The minimum Gasteiger partial charge on any atom is -0.274 e. The van der Waals surface area contributed by atoms with Crippen LogP contribution in [0.4, 0.5) is 0 Å². The topological polar surface area (TPSA) is 37.4 Å². The highest BCUT2D eigenvalue weighted by molar-refractivity contribution is 6.21. The van der Waals surface area contributed by atoms with E-state index in [0.717, 1.165) is 12.8 Å². The fourth-order valence-electron chi connectivity index (χ4n) is 2.97. The molecule has 0 saturated carbocycles. The van der Waals surface area contributed by atoms with Crippen LogP contribution in [0.1, 0.15) is 79.5 Å². The van der Waals surface area contributed by atoms with Crippen molar-refractivity contribution in [2.24, 2.45) is 0 Å². The number of hydrogen-bond donors (Lipinski definition) is 0. The molecule has 0 saturated heterocycles. The molecule has 0 aromatic heterocycles. The molecule has 1 aromatic rings. The molecule has 1 heterocycles. The number of rotatable bonds is 9. The SMILES string of the molecule is C/C=C(\C)CCCCCCCCN1C(=O)c2ccccc2C1=O. The Morgan fingerprint density at radius 3 is 2.00 bits per heavy atom. The highest BCUT2D eigenvalue weighted by Crippen LogP contribution is 2.23. The normalized spacial score (nSPS) is 14.5. The van der Waals surface area contributed by atoms with E-state index in [1.165, 1.54) is 42.6 Å². The second-order valence-corrected chi connectivity index (χ2v) is 6.31. The Kier molecular flexibility index (Phi) is 6.57. The van der Waals surface area contributed by atoms with Crippen LogP contribution in [0.15, 0.2) is 35.9 Å². The number of nitrogens with zero attached hydrogens (tertiary/aromatic N) is 1. The van der Waals surface area contributed by atoms with Crippen molar-refractivity contribution in [1.29, 1.82) is 0 Å². The fourth-order valence-corrected chi connectivity index (χ4v) is 2.97. The summed E-state index contributed by atoms with van der Waals surface area (Å²) in [7, 11) is 0. The van der Waals surface area contributed by atoms with Crippen molar-refractivity contribution in [3.8, 4) is 0 Å². The molecule has 0 fully saturated rings. The van der Waals surface area contributed by atoms with Crippen LogP contribution < -0.4 is 0 Å². The maximum Gasteiger partial charge on any atom is 0.261 e. The van der Waals surface area contributed by atoms with Crippen LogP contribution in [0.2, 0.25) is 0 Å². The quantitative estimate of drug-likeness (QED) is 0.366. The van der Waals surface area contributed by atoms with Crippen LogP contribution in [-0.2, 0) is 0 Å². The van der Waals surface area contributed by atoms with Gasteiger partial charge in [-0.2, -0.15) is 0 Å². The second-order valence-electron chi connectivity index (χ2n) is 6.31. The molecule has 3 heteroatoms. The zero-order chi connectivity index (χ0) is 16.7. The number of carbonyl (C=O) groups is 2. The number of fused-ring (bicyclic) bond motifs is 1. The Balaban J connectivity index is 1.63. The number of amides is 2.